The van der Waals surface area contributed by atoms with Crippen molar-refractivity contribution in [3.8, 4) is 0 Å². The van der Waals surface area contributed by atoms with E-state index in [4.69, 9.17) is 4.74 Å². The zero-order chi connectivity index (χ0) is 18.9. The first-order valence-corrected chi connectivity index (χ1v) is 10.7. The van der Waals surface area contributed by atoms with Gasteiger partial charge in [-0.2, -0.15) is 0 Å². The number of rotatable bonds is 5. The zero-order valence-electron chi connectivity index (χ0n) is 17.0. The fourth-order valence-corrected chi connectivity index (χ4v) is 5.63. The van der Waals surface area contributed by atoms with Gasteiger partial charge in [0.05, 0.1) is 6.10 Å². The molecule has 148 valence electrons. The van der Waals surface area contributed by atoms with Crippen LogP contribution in [-0.2, 0) is 15.1 Å². The normalized spacial score (nSPS) is 34.1. The molecule has 1 spiro atoms. The molecule has 3 aliphatic rings. The van der Waals surface area contributed by atoms with Gasteiger partial charge >= 0.3 is 0 Å². The number of ether oxygens (including phenoxy) is 1. The van der Waals surface area contributed by atoms with E-state index in [1.165, 1.54) is 12.0 Å². The van der Waals surface area contributed by atoms with Gasteiger partial charge in [0.25, 0.3) is 0 Å². The van der Waals surface area contributed by atoms with Gasteiger partial charge in [-0.15, -0.1) is 0 Å². The fraction of sp³-hybridized carbons (Fsp3) is 0.696. The quantitative estimate of drug-likeness (QED) is 0.790. The minimum atomic E-state index is 0.112. The van der Waals surface area contributed by atoms with Gasteiger partial charge in [-0.05, 0) is 70.0 Å². The van der Waals surface area contributed by atoms with Crippen molar-refractivity contribution in [2.24, 2.45) is 5.41 Å². The number of benzene rings is 1. The van der Waals surface area contributed by atoms with Gasteiger partial charge in [0, 0.05) is 31.7 Å². The third-order valence-corrected chi connectivity index (χ3v) is 7.46. The SMILES string of the molecule is CN(C)C1(c2ccccc2)CCC2(CC1)CC(=O)N(CCC1CCCO1)C2. The monoisotopic (exact) mass is 370 g/mol. The predicted octanol–water partition coefficient (Wildman–Crippen LogP) is 3.81. The van der Waals surface area contributed by atoms with Crippen molar-refractivity contribution in [3.63, 3.8) is 0 Å². The van der Waals surface area contributed by atoms with E-state index < -0.39 is 0 Å². The van der Waals surface area contributed by atoms with Crippen LogP contribution in [0.25, 0.3) is 0 Å². The van der Waals surface area contributed by atoms with Crippen LogP contribution in [-0.4, -0.2) is 55.6 Å². The van der Waals surface area contributed by atoms with Gasteiger partial charge in [-0.25, -0.2) is 0 Å². The van der Waals surface area contributed by atoms with Crippen LogP contribution in [0, 0.1) is 5.41 Å². The number of carbonyl (C=O) groups excluding carboxylic acids is 1. The summed E-state index contributed by atoms with van der Waals surface area (Å²) in [6, 6.07) is 10.9. The molecule has 4 heteroatoms. The highest BCUT2D eigenvalue weighted by atomic mass is 16.5. The Kier molecular flexibility index (Phi) is 5.30. The molecule has 4 rings (SSSR count). The van der Waals surface area contributed by atoms with Crippen molar-refractivity contribution in [1.82, 2.24) is 9.80 Å². The van der Waals surface area contributed by atoms with Crippen LogP contribution < -0.4 is 0 Å². The fourth-order valence-electron chi connectivity index (χ4n) is 5.63. The van der Waals surface area contributed by atoms with Crippen molar-refractivity contribution in [2.75, 3.05) is 33.8 Å². The lowest BCUT2D eigenvalue weighted by molar-refractivity contribution is -0.128. The third-order valence-electron chi connectivity index (χ3n) is 7.46. The van der Waals surface area contributed by atoms with Gasteiger partial charge in [0.1, 0.15) is 0 Å². The molecule has 0 radical (unpaired) electrons. The van der Waals surface area contributed by atoms with E-state index in [2.05, 4.69) is 54.2 Å². The summed E-state index contributed by atoms with van der Waals surface area (Å²) in [6.45, 7) is 2.73. The molecule has 27 heavy (non-hydrogen) atoms. The Hall–Kier alpha value is -1.39. The molecule has 0 aromatic heterocycles. The summed E-state index contributed by atoms with van der Waals surface area (Å²) >= 11 is 0. The van der Waals surface area contributed by atoms with Gasteiger partial charge < -0.3 is 9.64 Å². The summed E-state index contributed by atoms with van der Waals surface area (Å²) in [5.74, 6) is 0.366. The van der Waals surface area contributed by atoms with Crippen LogP contribution in [0.15, 0.2) is 30.3 Å². The molecule has 4 nitrogen and oxygen atoms in total. The molecule has 2 heterocycles. The second-order valence-electron chi connectivity index (χ2n) is 9.21. The predicted molar refractivity (Wildman–Crippen MR) is 107 cm³/mol. The van der Waals surface area contributed by atoms with E-state index in [1.807, 2.05) is 0 Å². The highest BCUT2D eigenvalue weighted by Crippen LogP contribution is 2.52. The largest absolute Gasteiger partial charge is 0.378 e. The summed E-state index contributed by atoms with van der Waals surface area (Å²) in [7, 11) is 4.41. The maximum Gasteiger partial charge on any atom is 0.223 e. The van der Waals surface area contributed by atoms with Crippen LogP contribution in [0.4, 0.5) is 0 Å². The van der Waals surface area contributed by atoms with Gasteiger partial charge in [-0.3, -0.25) is 9.69 Å². The van der Waals surface area contributed by atoms with Crippen molar-refractivity contribution >= 4 is 5.91 Å². The average Bonchev–Trinajstić information content (AvgIpc) is 3.29. The minimum absolute atomic E-state index is 0.112. The van der Waals surface area contributed by atoms with Crippen molar-refractivity contribution in [2.45, 2.75) is 63.0 Å². The average molecular weight is 371 g/mol. The van der Waals surface area contributed by atoms with Gasteiger partial charge in [-0.1, -0.05) is 30.3 Å². The molecule has 1 aromatic rings. The van der Waals surface area contributed by atoms with Crippen LogP contribution in [0.1, 0.15) is 56.9 Å². The Morgan fingerprint density at radius 2 is 1.89 bits per heavy atom. The van der Waals surface area contributed by atoms with E-state index in [0.29, 0.717) is 12.0 Å². The molecular formula is C23H34N2O2. The minimum Gasteiger partial charge on any atom is -0.378 e. The molecule has 1 amide bonds. The van der Waals surface area contributed by atoms with Gasteiger partial charge in [0.15, 0.2) is 0 Å². The maximum atomic E-state index is 12.7. The van der Waals surface area contributed by atoms with Gasteiger partial charge in [0.2, 0.25) is 5.91 Å². The number of amides is 1. The maximum absolute atomic E-state index is 12.7. The first kappa shape index (κ1) is 18.9. The Morgan fingerprint density at radius 1 is 1.15 bits per heavy atom. The van der Waals surface area contributed by atoms with E-state index in [1.54, 1.807) is 0 Å². The number of nitrogens with zero attached hydrogens (tertiary/aromatic N) is 2. The van der Waals surface area contributed by atoms with E-state index in [9.17, 15) is 4.79 Å². The second kappa shape index (κ2) is 7.56. The first-order valence-electron chi connectivity index (χ1n) is 10.7. The van der Waals surface area contributed by atoms with E-state index in [-0.39, 0.29) is 11.0 Å². The summed E-state index contributed by atoms with van der Waals surface area (Å²) in [5, 5.41) is 0. The standard InChI is InChI=1S/C23H34N2O2/c1-24(2)23(19-7-4-3-5-8-19)13-11-22(12-14-23)17-21(26)25(18-22)15-10-20-9-6-16-27-20/h3-5,7-8,20H,6,9-18H2,1-2H3. The molecule has 0 N–H and O–H groups in total. The summed E-state index contributed by atoms with van der Waals surface area (Å²) in [5.41, 5.74) is 1.73. The molecule has 2 saturated heterocycles. The lowest BCUT2D eigenvalue weighted by Crippen LogP contribution is -2.47. The molecule has 1 unspecified atom stereocenters. The summed E-state index contributed by atoms with van der Waals surface area (Å²) < 4.78 is 5.74. The highest BCUT2D eigenvalue weighted by molar-refractivity contribution is 5.79. The first-order chi connectivity index (χ1) is 13.0. The number of hydrogen-bond donors (Lipinski definition) is 0. The molecule has 3 fully saturated rings. The molecular weight excluding hydrogens is 336 g/mol. The zero-order valence-corrected chi connectivity index (χ0v) is 17.0. The Bertz CT molecular complexity index is 644. The van der Waals surface area contributed by atoms with Crippen LogP contribution in [0.3, 0.4) is 0 Å². The van der Waals surface area contributed by atoms with Crippen LogP contribution in [0.2, 0.25) is 0 Å². The topological polar surface area (TPSA) is 32.8 Å². The van der Waals surface area contributed by atoms with Crippen molar-refractivity contribution < 1.29 is 9.53 Å². The lowest BCUT2D eigenvalue weighted by atomic mass is 9.64. The Balaban J connectivity index is 1.41. The summed E-state index contributed by atoms with van der Waals surface area (Å²) in [6.07, 6.45) is 9.02. The molecule has 1 atom stereocenters. The van der Waals surface area contributed by atoms with Crippen LogP contribution >= 0.6 is 0 Å². The van der Waals surface area contributed by atoms with Crippen molar-refractivity contribution in [3.05, 3.63) is 35.9 Å². The second-order valence-corrected chi connectivity index (χ2v) is 9.21. The number of carbonyl (C=O) groups is 1. The van der Waals surface area contributed by atoms with E-state index in [0.717, 1.165) is 64.6 Å². The summed E-state index contributed by atoms with van der Waals surface area (Å²) in [4.78, 5) is 17.2. The van der Waals surface area contributed by atoms with E-state index >= 15 is 0 Å². The smallest absolute Gasteiger partial charge is 0.223 e. The highest BCUT2D eigenvalue weighted by Gasteiger charge is 2.50. The molecule has 1 saturated carbocycles. The molecule has 1 aliphatic carbocycles. The van der Waals surface area contributed by atoms with Crippen LogP contribution in [0.5, 0.6) is 0 Å². The molecule has 1 aromatic carbocycles. The van der Waals surface area contributed by atoms with Crippen molar-refractivity contribution in [1.29, 1.82) is 0 Å². The number of hydrogen-bond acceptors (Lipinski definition) is 3. The lowest BCUT2D eigenvalue weighted by Gasteiger charge is -2.48. The molecule has 0 bridgehead atoms. The Morgan fingerprint density at radius 3 is 2.52 bits per heavy atom. The number of likely N-dealkylation sites (tertiary alicyclic amines) is 1. The third kappa shape index (κ3) is 3.66. The Labute approximate surface area is 163 Å². The molecule has 2 aliphatic heterocycles.